The summed E-state index contributed by atoms with van der Waals surface area (Å²) < 4.78 is 0. The molecule has 4 nitrogen and oxygen atoms in total. The van der Waals surface area contributed by atoms with Gasteiger partial charge in [-0.05, 0) is 24.0 Å². The molecule has 18 heavy (non-hydrogen) atoms. The van der Waals surface area contributed by atoms with Gasteiger partial charge in [-0.3, -0.25) is 0 Å². The van der Waals surface area contributed by atoms with E-state index in [0.29, 0.717) is 5.03 Å². The van der Waals surface area contributed by atoms with E-state index in [1.54, 1.807) is 12.1 Å². The predicted molar refractivity (Wildman–Crippen MR) is 72.3 cm³/mol. The number of aliphatic hydroxyl groups is 1. The average Bonchev–Trinajstić information content (AvgIpc) is 2.35. The van der Waals surface area contributed by atoms with Gasteiger partial charge in [0.15, 0.2) is 0 Å². The van der Waals surface area contributed by atoms with Gasteiger partial charge in [0, 0.05) is 18.1 Å². The lowest BCUT2D eigenvalue weighted by atomic mass is 10.1. The summed E-state index contributed by atoms with van der Waals surface area (Å²) in [4.78, 5) is 15.5. The number of hydrogen-bond acceptors (Lipinski definition) is 4. The predicted octanol–water partition coefficient (Wildman–Crippen LogP) is 2.62. The first-order valence-electron chi connectivity index (χ1n) is 5.93. The fourth-order valence-corrected chi connectivity index (χ4v) is 2.24. The van der Waals surface area contributed by atoms with Crippen molar-refractivity contribution in [2.75, 3.05) is 12.4 Å². The smallest absolute Gasteiger partial charge is 0.335 e. The normalized spacial score (nSPS) is 12.7. The van der Waals surface area contributed by atoms with Crippen LogP contribution in [0.2, 0.25) is 0 Å². The number of hydrogen-bond donors (Lipinski definition) is 2. The summed E-state index contributed by atoms with van der Waals surface area (Å²) in [5, 5.41) is 18.7. The van der Waals surface area contributed by atoms with Gasteiger partial charge >= 0.3 is 5.97 Å². The van der Waals surface area contributed by atoms with Crippen molar-refractivity contribution in [2.24, 2.45) is 5.92 Å². The number of aromatic carboxylic acids is 1. The zero-order valence-electron chi connectivity index (χ0n) is 10.9. The van der Waals surface area contributed by atoms with E-state index in [2.05, 4.69) is 4.98 Å². The molecule has 0 bridgehead atoms. The van der Waals surface area contributed by atoms with Gasteiger partial charge in [-0.1, -0.05) is 20.8 Å². The van der Waals surface area contributed by atoms with Gasteiger partial charge in [-0.15, -0.1) is 11.8 Å². The fourth-order valence-electron chi connectivity index (χ4n) is 1.30. The summed E-state index contributed by atoms with van der Waals surface area (Å²) in [6.07, 6.45) is 0. The molecule has 0 fully saturated rings. The van der Waals surface area contributed by atoms with E-state index < -0.39 is 5.97 Å². The number of pyridine rings is 1. The maximum atomic E-state index is 11.0. The molecule has 0 aromatic carbocycles. The van der Waals surface area contributed by atoms with Crippen molar-refractivity contribution in [1.29, 1.82) is 0 Å². The third-order valence-corrected chi connectivity index (χ3v) is 3.73. The molecule has 0 amide bonds. The minimum atomic E-state index is -0.934. The minimum Gasteiger partial charge on any atom is -0.478 e. The molecule has 0 spiro atoms. The average molecular weight is 269 g/mol. The van der Waals surface area contributed by atoms with Crippen molar-refractivity contribution >= 4 is 17.7 Å². The molecule has 2 N–H and O–H groups in total. The van der Waals surface area contributed by atoms with Crippen LogP contribution < -0.4 is 0 Å². The van der Waals surface area contributed by atoms with Gasteiger partial charge in [0.1, 0.15) is 0 Å². The molecule has 1 aromatic rings. The highest BCUT2D eigenvalue weighted by Crippen LogP contribution is 2.23. The first kappa shape index (κ1) is 15.0. The zero-order valence-corrected chi connectivity index (χ0v) is 11.7. The van der Waals surface area contributed by atoms with Crippen LogP contribution in [0.5, 0.6) is 0 Å². The monoisotopic (exact) mass is 269 g/mol. The maximum Gasteiger partial charge on any atom is 0.335 e. The highest BCUT2D eigenvalue weighted by molar-refractivity contribution is 7.99. The first-order valence-corrected chi connectivity index (χ1v) is 6.91. The highest BCUT2D eigenvalue weighted by Gasteiger charge is 2.12. The summed E-state index contributed by atoms with van der Waals surface area (Å²) in [5.74, 6) is 0.160. The lowest BCUT2D eigenvalue weighted by Crippen LogP contribution is -2.06. The van der Waals surface area contributed by atoms with Crippen molar-refractivity contribution in [3.63, 3.8) is 0 Å². The molecular weight excluding hydrogens is 250 g/mol. The molecule has 5 heteroatoms. The van der Waals surface area contributed by atoms with Crippen LogP contribution in [0.15, 0.2) is 17.2 Å². The van der Waals surface area contributed by atoms with E-state index in [-0.39, 0.29) is 24.0 Å². The maximum absolute atomic E-state index is 11.0. The molecular formula is C13H19NO3S. The van der Waals surface area contributed by atoms with Crippen molar-refractivity contribution in [3.05, 3.63) is 23.4 Å². The molecule has 1 aromatic heterocycles. The van der Waals surface area contributed by atoms with Crippen LogP contribution in [0.3, 0.4) is 0 Å². The Morgan fingerprint density at radius 2 is 2.06 bits per heavy atom. The molecule has 0 aliphatic rings. The largest absolute Gasteiger partial charge is 0.478 e. The molecule has 0 saturated carbocycles. The summed E-state index contributed by atoms with van der Waals surface area (Å²) in [6.45, 7) is 6.04. The van der Waals surface area contributed by atoms with Crippen molar-refractivity contribution in [1.82, 2.24) is 4.98 Å². The van der Waals surface area contributed by atoms with E-state index >= 15 is 0 Å². The Bertz CT molecular complexity index is 421. The Morgan fingerprint density at radius 1 is 1.39 bits per heavy atom. The van der Waals surface area contributed by atoms with Crippen LogP contribution in [-0.2, 0) is 0 Å². The van der Waals surface area contributed by atoms with Gasteiger partial charge in [-0.2, -0.15) is 0 Å². The van der Waals surface area contributed by atoms with Crippen LogP contribution in [0.1, 0.15) is 42.7 Å². The Labute approximate surface area is 111 Å². The van der Waals surface area contributed by atoms with Gasteiger partial charge in [0.05, 0.1) is 10.6 Å². The summed E-state index contributed by atoms with van der Waals surface area (Å²) in [5.41, 5.74) is 1.06. The summed E-state index contributed by atoms with van der Waals surface area (Å²) >= 11 is 1.48. The van der Waals surface area contributed by atoms with Crippen LogP contribution in [0.4, 0.5) is 0 Å². The number of nitrogens with zero attached hydrogens (tertiary/aromatic N) is 1. The lowest BCUT2D eigenvalue weighted by Gasteiger charge is -2.10. The minimum absolute atomic E-state index is 0.128. The number of carboxylic acid groups (broad SMARTS) is 1. The Balaban J connectivity index is 2.93. The van der Waals surface area contributed by atoms with Crippen LogP contribution in [0, 0.1) is 5.92 Å². The van der Waals surface area contributed by atoms with Gasteiger partial charge in [-0.25, -0.2) is 9.78 Å². The number of aliphatic hydroxyl groups excluding tert-OH is 1. The molecule has 1 heterocycles. The Kier molecular flexibility index (Phi) is 5.62. The fraction of sp³-hybridized carbons (Fsp3) is 0.538. The van der Waals surface area contributed by atoms with Crippen molar-refractivity contribution in [3.8, 4) is 0 Å². The van der Waals surface area contributed by atoms with Crippen LogP contribution >= 0.6 is 11.8 Å². The number of carboxylic acids is 1. The lowest BCUT2D eigenvalue weighted by molar-refractivity contribution is 0.0696. The zero-order chi connectivity index (χ0) is 13.7. The van der Waals surface area contributed by atoms with Crippen molar-refractivity contribution in [2.45, 2.75) is 31.7 Å². The second kappa shape index (κ2) is 6.75. The molecule has 0 aliphatic heterocycles. The SMILES string of the molecule is CC(CO)CSc1cc(C(=O)O)cc(C(C)C)n1. The number of thioether (sulfide) groups is 1. The van der Waals surface area contributed by atoms with E-state index in [1.165, 1.54) is 11.8 Å². The van der Waals surface area contributed by atoms with E-state index in [1.807, 2.05) is 20.8 Å². The number of aromatic nitrogens is 1. The third kappa shape index (κ3) is 4.31. The topological polar surface area (TPSA) is 70.4 Å². The quantitative estimate of drug-likeness (QED) is 0.777. The Hall–Kier alpha value is -1.07. The molecule has 1 atom stereocenters. The molecule has 1 rings (SSSR count). The van der Waals surface area contributed by atoms with Gasteiger partial charge in [0.25, 0.3) is 0 Å². The summed E-state index contributed by atoms with van der Waals surface area (Å²) in [7, 11) is 0. The van der Waals surface area contributed by atoms with E-state index in [4.69, 9.17) is 10.2 Å². The summed E-state index contributed by atoms with van der Waals surface area (Å²) in [6, 6.07) is 3.20. The molecule has 100 valence electrons. The molecule has 0 saturated heterocycles. The molecule has 0 aliphatic carbocycles. The second-order valence-electron chi connectivity index (χ2n) is 4.68. The van der Waals surface area contributed by atoms with Crippen LogP contribution in [-0.4, -0.2) is 33.5 Å². The second-order valence-corrected chi connectivity index (χ2v) is 5.72. The van der Waals surface area contributed by atoms with E-state index in [0.717, 1.165) is 11.4 Å². The number of rotatable bonds is 6. The Morgan fingerprint density at radius 3 is 2.56 bits per heavy atom. The first-order chi connectivity index (χ1) is 8.43. The standard InChI is InChI=1S/C13H19NO3S/c1-8(2)11-4-10(13(16)17)5-12(14-11)18-7-9(3)6-15/h4-5,8-9,15H,6-7H2,1-3H3,(H,16,17). The van der Waals surface area contributed by atoms with Gasteiger partial charge < -0.3 is 10.2 Å². The molecule has 1 unspecified atom stereocenters. The van der Waals surface area contributed by atoms with Crippen LogP contribution in [0.25, 0.3) is 0 Å². The molecule has 0 radical (unpaired) electrons. The van der Waals surface area contributed by atoms with E-state index in [9.17, 15) is 4.79 Å². The highest BCUT2D eigenvalue weighted by atomic mass is 32.2. The van der Waals surface area contributed by atoms with Crippen molar-refractivity contribution < 1.29 is 15.0 Å². The number of carbonyl (C=O) groups is 1. The third-order valence-electron chi connectivity index (χ3n) is 2.49. The van der Waals surface area contributed by atoms with Gasteiger partial charge in [0.2, 0.25) is 0 Å².